The molecule has 2 unspecified atom stereocenters. The van der Waals surface area contributed by atoms with Gasteiger partial charge in [-0.25, -0.2) is 0 Å². The minimum Gasteiger partial charge on any atom is -0.488 e. The molecule has 0 radical (unpaired) electrons. The number of hydrogen-bond donors (Lipinski definition) is 1. The second-order valence-corrected chi connectivity index (χ2v) is 5.33. The van der Waals surface area contributed by atoms with E-state index in [2.05, 4.69) is 32.9 Å². The van der Waals surface area contributed by atoms with Crippen molar-refractivity contribution in [2.45, 2.75) is 58.6 Å². The molecular weight excluding hydrogens is 210 g/mol. The Bertz CT molecular complexity index is 377. The van der Waals surface area contributed by atoms with Gasteiger partial charge in [0.1, 0.15) is 11.9 Å². The van der Waals surface area contributed by atoms with Gasteiger partial charge in [0, 0.05) is 6.04 Å². The normalized spacial score (nSPS) is 24.7. The zero-order chi connectivity index (χ0) is 12.4. The SMILES string of the molecule is Cc1cc(C)c(OC2CCCCC2N)c(C)c1. The summed E-state index contributed by atoms with van der Waals surface area (Å²) in [6.07, 6.45) is 4.86. The van der Waals surface area contributed by atoms with Gasteiger partial charge in [0.2, 0.25) is 0 Å². The first-order valence-electron chi connectivity index (χ1n) is 6.58. The first-order chi connectivity index (χ1) is 8.08. The van der Waals surface area contributed by atoms with Gasteiger partial charge in [0.15, 0.2) is 0 Å². The van der Waals surface area contributed by atoms with Crippen molar-refractivity contribution in [3.05, 3.63) is 28.8 Å². The summed E-state index contributed by atoms with van der Waals surface area (Å²) >= 11 is 0. The van der Waals surface area contributed by atoms with Crippen molar-refractivity contribution < 1.29 is 4.74 Å². The molecule has 1 saturated carbocycles. The fourth-order valence-electron chi connectivity index (χ4n) is 2.78. The molecule has 1 aliphatic carbocycles. The molecule has 2 heteroatoms. The molecule has 0 amide bonds. The maximum atomic E-state index is 6.16. The average Bonchev–Trinajstić information content (AvgIpc) is 2.25. The van der Waals surface area contributed by atoms with E-state index < -0.39 is 0 Å². The molecule has 0 aromatic heterocycles. The molecule has 17 heavy (non-hydrogen) atoms. The van der Waals surface area contributed by atoms with E-state index in [0.29, 0.717) is 0 Å². The molecule has 0 aliphatic heterocycles. The maximum Gasteiger partial charge on any atom is 0.125 e. The lowest BCUT2D eigenvalue weighted by Crippen LogP contribution is -2.41. The molecule has 1 fully saturated rings. The van der Waals surface area contributed by atoms with Gasteiger partial charge in [-0.2, -0.15) is 0 Å². The van der Waals surface area contributed by atoms with E-state index in [4.69, 9.17) is 10.5 Å². The number of hydrogen-bond acceptors (Lipinski definition) is 2. The van der Waals surface area contributed by atoms with E-state index in [1.807, 2.05) is 0 Å². The quantitative estimate of drug-likeness (QED) is 0.851. The monoisotopic (exact) mass is 233 g/mol. The van der Waals surface area contributed by atoms with Gasteiger partial charge in [-0.05, 0) is 51.2 Å². The first kappa shape index (κ1) is 12.4. The largest absolute Gasteiger partial charge is 0.488 e. The van der Waals surface area contributed by atoms with Gasteiger partial charge in [-0.3, -0.25) is 0 Å². The second-order valence-electron chi connectivity index (χ2n) is 5.33. The van der Waals surface area contributed by atoms with Crippen molar-refractivity contribution in [3.63, 3.8) is 0 Å². The Morgan fingerprint density at radius 2 is 1.65 bits per heavy atom. The number of rotatable bonds is 2. The molecule has 1 aromatic carbocycles. The van der Waals surface area contributed by atoms with Crippen LogP contribution in [0.1, 0.15) is 42.4 Å². The molecule has 2 rings (SSSR count). The van der Waals surface area contributed by atoms with Crippen LogP contribution in [0.25, 0.3) is 0 Å². The summed E-state index contributed by atoms with van der Waals surface area (Å²) in [4.78, 5) is 0. The highest BCUT2D eigenvalue weighted by Gasteiger charge is 2.24. The summed E-state index contributed by atoms with van der Waals surface area (Å²) in [6, 6.07) is 4.55. The van der Waals surface area contributed by atoms with E-state index in [9.17, 15) is 0 Å². The zero-order valence-electron chi connectivity index (χ0n) is 11.1. The van der Waals surface area contributed by atoms with E-state index in [1.165, 1.54) is 29.5 Å². The second kappa shape index (κ2) is 5.09. The van der Waals surface area contributed by atoms with Crippen LogP contribution >= 0.6 is 0 Å². The van der Waals surface area contributed by atoms with Gasteiger partial charge in [-0.15, -0.1) is 0 Å². The lowest BCUT2D eigenvalue weighted by atomic mass is 9.93. The van der Waals surface area contributed by atoms with Crippen molar-refractivity contribution >= 4 is 0 Å². The summed E-state index contributed by atoms with van der Waals surface area (Å²) in [5.41, 5.74) is 9.87. The van der Waals surface area contributed by atoms with Crippen LogP contribution in [0.4, 0.5) is 0 Å². The maximum absolute atomic E-state index is 6.16. The topological polar surface area (TPSA) is 35.2 Å². The van der Waals surface area contributed by atoms with Crippen LogP contribution in [0.3, 0.4) is 0 Å². The van der Waals surface area contributed by atoms with Crippen LogP contribution in [0.15, 0.2) is 12.1 Å². The number of aryl methyl sites for hydroxylation is 3. The molecule has 0 bridgehead atoms. The van der Waals surface area contributed by atoms with Crippen LogP contribution in [0, 0.1) is 20.8 Å². The fourth-order valence-corrected chi connectivity index (χ4v) is 2.78. The van der Waals surface area contributed by atoms with Gasteiger partial charge >= 0.3 is 0 Å². The molecule has 0 spiro atoms. The summed E-state index contributed by atoms with van der Waals surface area (Å²) in [5.74, 6) is 1.04. The molecule has 2 nitrogen and oxygen atoms in total. The van der Waals surface area contributed by atoms with Crippen molar-refractivity contribution in [2.75, 3.05) is 0 Å². The van der Waals surface area contributed by atoms with Crippen LogP contribution < -0.4 is 10.5 Å². The summed E-state index contributed by atoms with van der Waals surface area (Å²) < 4.78 is 6.16. The molecule has 94 valence electrons. The summed E-state index contributed by atoms with van der Waals surface area (Å²) in [7, 11) is 0. The summed E-state index contributed by atoms with van der Waals surface area (Å²) in [6.45, 7) is 6.35. The van der Waals surface area contributed by atoms with Gasteiger partial charge in [0.05, 0.1) is 0 Å². The molecule has 0 heterocycles. The highest BCUT2D eigenvalue weighted by molar-refractivity contribution is 5.43. The summed E-state index contributed by atoms with van der Waals surface area (Å²) in [5, 5.41) is 0. The van der Waals surface area contributed by atoms with Gasteiger partial charge in [-0.1, -0.05) is 24.1 Å². The van der Waals surface area contributed by atoms with E-state index in [1.54, 1.807) is 0 Å². The minimum absolute atomic E-state index is 0.198. The predicted molar refractivity (Wildman–Crippen MR) is 71.5 cm³/mol. The fraction of sp³-hybridized carbons (Fsp3) is 0.600. The highest BCUT2D eigenvalue weighted by Crippen LogP contribution is 2.29. The number of ether oxygens (including phenoxy) is 1. The van der Waals surface area contributed by atoms with Crippen molar-refractivity contribution in [2.24, 2.45) is 5.73 Å². The van der Waals surface area contributed by atoms with Crippen LogP contribution in [-0.2, 0) is 0 Å². The zero-order valence-corrected chi connectivity index (χ0v) is 11.1. The minimum atomic E-state index is 0.198. The smallest absolute Gasteiger partial charge is 0.125 e. The average molecular weight is 233 g/mol. The molecular formula is C15H23NO. The molecule has 2 atom stereocenters. The Kier molecular flexibility index (Phi) is 3.72. The van der Waals surface area contributed by atoms with Gasteiger partial charge in [0.25, 0.3) is 0 Å². The van der Waals surface area contributed by atoms with Gasteiger partial charge < -0.3 is 10.5 Å². The Morgan fingerprint density at radius 1 is 1.06 bits per heavy atom. The van der Waals surface area contributed by atoms with E-state index >= 15 is 0 Å². The lowest BCUT2D eigenvalue weighted by Gasteiger charge is -2.30. The third-order valence-corrected chi connectivity index (χ3v) is 3.63. The Hall–Kier alpha value is -1.02. The number of benzene rings is 1. The van der Waals surface area contributed by atoms with Crippen LogP contribution in [0.5, 0.6) is 5.75 Å². The molecule has 1 aliphatic rings. The van der Waals surface area contributed by atoms with Crippen molar-refractivity contribution in [3.8, 4) is 5.75 Å². The van der Waals surface area contributed by atoms with Crippen molar-refractivity contribution in [1.82, 2.24) is 0 Å². The third kappa shape index (κ3) is 2.81. The Labute approximate surface area is 104 Å². The van der Waals surface area contributed by atoms with Crippen LogP contribution in [0.2, 0.25) is 0 Å². The highest BCUT2D eigenvalue weighted by atomic mass is 16.5. The van der Waals surface area contributed by atoms with E-state index in [0.717, 1.165) is 18.6 Å². The molecule has 2 N–H and O–H groups in total. The number of nitrogens with two attached hydrogens (primary N) is 1. The molecule has 1 aromatic rings. The van der Waals surface area contributed by atoms with Crippen molar-refractivity contribution in [1.29, 1.82) is 0 Å². The van der Waals surface area contributed by atoms with E-state index in [-0.39, 0.29) is 12.1 Å². The third-order valence-electron chi connectivity index (χ3n) is 3.63. The Morgan fingerprint density at radius 3 is 2.24 bits per heavy atom. The molecule has 0 saturated heterocycles. The predicted octanol–water partition coefficient (Wildman–Crippen LogP) is 3.26. The first-order valence-corrected chi connectivity index (χ1v) is 6.58. The standard InChI is InChI=1S/C15H23NO/c1-10-8-11(2)15(12(3)9-10)17-14-7-5-4-6-13(14)16/h8-9,13-14H,4-7,16H2,1-3H3. The lowest BCUT2D eigenvalue weighted by molar-refractivity contribution is 0.130. The Balaban J connectivity index is 2.17. The van der Waals surface area contributed by atoms with Crippen LogP contribution in [-0.4, -0.2) is 12.1 Å².